The number of methoxy groups -OCH3 is 3. The van der Waals surface area contributed by atoms with E-state index < -0.39 is 22.5 Å². The number of ether oxygens (including phenoxy) is 3. The van der Waals surface area contributed by atoms with E-state index in [9.17, 15) is 18.0 Å². The van der Waals surface area contributed by atoms with E-state index in [2.05, 4.69) is 20.2 Å². The van der Waals surface area contributed by atoms with Gasteiger partial charge in [-0.05, 0) is 18.6 Å². The molecule has 0 radical (unpaired) electrons. The van der Waals surface area contributed by atoms with E-state index in [1.54, 1.807) is 24.4 Å². The average molecular weight is 626 g/mol. The number of aryl methyl sites for hydroxylation is 1. The van der Waals surface area contributed by atoms with Crippen molar-refractivity contribution in [3.63, 3.8) is 0 Å². The largest absolute Gasteiger partial charge is 0.493 e. The number of para-hydroxylation sites is 1. The van der Waals surface area contributed by atoms with Gasteiger partial charge in [0.2, 0.25) is 5.82 Å². The minimum Gasteiger partial charge on any atom is -0.493 e. The molecule has 0 unspecified atom stereocenters. The van der Waals surface area contributed by atoms with E-state index in [0.29, 0.717) is 34.1 Å². The summed E-state index contributed by atoms with van der Waals surface area (Å²) in [5.41, 5.74) is 1.10. The van der Waals surface area contributed by atoms with Crippen LogP contribution in [-0.4, -0.2) is 52.0 Å². The van der Waals surface area contributed by atoms with E-state index in [0.717, 1.165) is 9.44 Å². The van der Waals surface area contributed by atoms with Crippen LogP contribution in [0.3, 0.4) is 0 Å². The van der Waals surface area contributed by atoms with Crippen LogP contribution in [-0.2, 0) is 28.5 Å². The number of carbonyl (C=O) groups excluding carboxylic acids is 1. The van der Waals surface area contributed by atoms with Crippen molar-refractivity contribution in [2.45, 2.75) is 35.9 Å². The lowest BCUT2D eigenvalue weighted by Crippen LogP contribution is -2.17. The number of aromatic nitrogens is 5. The highest BCUT2D eigenvalue weighted by molar-refractivity contribution is 8.00. The number of halogens is 4. The molecule has 0 saturated heterocycles. The van der Waals surface area contributed by atoms with Gasteiger partial charge in [-0.2, -0.15) is 13.2 Å². The summed E-state index contributed by atoms with van der Waals surface area (Å²) in [6.45, 7) is 0. The summed E-state index contributed by atoms with van der Waals surface area (Å²) in [7, 11) is 4.33. The van der Waals surface area contributed by atoms with Crippen LogP contribution in [0, 0.1) is 0 Å². The molecule has 5 rings (SSSR count). The van der Waals surface area contributed by atoms with Crippen molar-refractivity contribution in [1.29, 1.82) is 0 Å². The Morgan fingerprint density at radius 1 is 1.10 bits per heavy atom. The molecule has 0 N–H and O–H groups in total. The number of thioether (sulfide) groups is 1. The monoisotopic (exact) mass is 625 g/mol. The Balaban J connectivity index is 1.65. The fourth-order valence-corrected chi connectivity index (χ4v) is 7.31. The maximum Gasteiger partial charge on any atom is 0.452 e. The van der Waals surface area contributed by atoms with Gasteiger partial charge in [-0.15, -0.1) is 33.3 Å². The van der Waals surface area contributed by atoms with Crippen molar-refractivity contribution in [1.82, 2.24) is 24.7 Å². The van der Waals surface area contributed by atoms with E-state index in [4.69, 9.17) is 25.8 Å². The van der Waals surface area contributed by atoms with E-state index in [1.165, 1.54) is 50.6 Å². The van der Waals surface area contributed by atoms with E-state index in [1.807, 2.05) is 6.07 Å². The number of carbonyl (C=O) groups is 1. The Kier molecular flexibility index (Phi) is 8.43. The average Bonchev–Trinajstić information content (AvgIpc) is 3.58. The quantitative estimate of drug-likeness (QED) is 0.217. The van der Waals surface area contributed by atoms with Gasteiger partial charge in [0.15, 0.2) is 17.3 Å². The molecule has 41 heavy (non-hydrogen) atoms. The Morgan fingerprint density at radius 2 is 1.90 bits per heavy atom. The Bertz CT molecular complexity index is 1580. The number of thiazole rings is 1. The van der Waals surface area contributed by atoms with Gasteiger partial charge in [0.05, 0.1) is 48.3 Å². The lowest BCUT2D eigenvalue weighted by molar-refractivity contribution is -0.146. The highest BCUT2D eigenvalue weighted by Crippen LogP contribution is 2.54. The van der Waals surface area contributed by atoms with E-state index in [-0.39, 0.29) is 35.5 Å². The molecule has 0 saturated carbocycles. The van der Waals surface area contributed by atoms with Crippen LogP contribution in [0.25, 0.3) is 5.82 Å². The summed E-state index contributed by atoms with van der Waals surface area (Å²) in [4.78, 5) is 21.3. The molecule has 0 bridgehead atoms. The Hall–Kier alpha value is -3.36. The Labute approximate surface area is 246 Å². The Morgan fingerprint density at radius 3 is 2.61 bits per heavy atom. The molecule has 0 aliphatic carbocycles. The van der Waals surface area contributed by atoms with Crippen molar-refractivity contribution in [3.8, 4) is 17.3 Å². The second-order valence-electron chi connectivity index (χ2n) is 8.87. The van der Waals surface area contributed by atoms with Crippen LogP contribution in [0.4, 0.5) is 13.2 Å². The van der Waals surface area contributed by atoms with Crippen LogP contribution >= 0.6 is 34.7 Å². The number of hydrogen-bond acceptors (Lipinski definition) is 10. The zero-order chi connectivity index (χ0) is 29.3. The molecule has 3 aromatic heterocycles. The highest BCUT2D eigenvalue weighted by atomic mass is 35.5. The first-order chi connectivity index (χ1) is 19.6. The highest BCUT2D eigenvalue weighted by Gasteiger charge is 2.44. The number of nitrogens with zero attached hydrogens (tertiary/aromatic N) is 5. The fourth-order valence-electron chi connectivity index (χ4n) is 4.57. The smallest absolute Gasteiger partial charge is 0.452 e. The minimum atomic E-state index is -4.80. The third-order valence-electron chi connectivity index (χ3n) is 6.37. The number of hydrogen-bond donors (Lipinski definition) is 0. The first-order valence-electron chi connectivity index (χ1n) is 12.2. The topological polar surface area (TPSA) is 101 Å². The maximum atomic E-state index is 14.2. The molecule has 216 valence electrons. The summed E-state index contributed by atoms with van der Waals surface area (Å²) in [6, 6.07) is 6.94. The predicted octanol–water partition coefficient (Wildman–Crippen LogP) is 6.03. The molecule has 1 aliphatic heterocycles. The predicted molar refractivity (Wildman–Crippen MR) is 147 cm³/mol. The first-order valence-corrected chi connectivity index (χ1v) is 14.3. The summed E-state index contributed by atoms with van der Waals surface area (Å²) in [5.74, 6) is -0.534. The molecule has 4 aromatic rings. The van der Waals surface area contributed by atoms with Gasteiger partial charge in [-0.3, -0.25) is 9.36 Å². The molecular weight excluding hydrogens is 603 g/mol. The van der Waals surface area contributed by atoms with Crippen molar-refractivity contribution in [3.05, 3.63) is 74.3 Å². The molecular formula is C26H23ClF3N5O4S2. The normalized spacial score (nSPS) is 16.5. The third kappa shape index (κ3) is 5.86. The fraction of sp³-hybridized carbons (Fsp3) is 0.346. The van der Waals surface area contributed by atoms with Gasteiger partial charge in [0.25, 0.3) is 0 Å². The minimum absolute atomic E-state index is 0.0181. The number of benzene rings is 1. The van der Waals surface area contributed by atoms with Gasteiger partial charge in [0, 0.05) is 34.8 Å². The van der Waals surface area contributed by atoms with Crippen molar-refractivity contribution >= 4 is 40.7 Å². The number of alkyl halides is 3. The molecule has 0 amide bonds. The number of esters is 1. The van der Waals surface area contributed by atoms with Gasteiger partial charge in [-0.25, -0.2) is 9.97 Å². The molecule has 0 spiro atoms. The van der Waals surface area contributed by atoms with Crippen molar-refractivity contribution < 1.29 is 32.2 Å². The first kappa shape index (κ1) is 29.1. The number of rotatable bonds is 8. The van der Waals surface area contributed by atoms with Crippen LogP contribution in [0.15, 0.2) is 36.7 Å². The molecule has 15 heteroatoms. The van der Waals surface area contributed by atoms with E-state index >= 15 is 0 Å². The molecule has 9 nitrogen and oxygen atoms in total. The molecule has 1 aromatic carbocycles. The third-order valence-corrected chi connectivity index (χ3v) is 9.14. The number of pyridine rings is 1. The summed E-state index contributed by atoms with van der Waals surface area (Å²) in [5, 5.41) is 7.27. The SMILES string of the molecule is COC(=O)CCc1cnc(C[C@H]2S[C@H](c3cccc(OC)c3OC)c3cc(Cl)cnc3-n3c2nnc3C(F)(F)F)s1. The second kappa shape index (κ2) is 11.9. The zero-order valence-electron chi connectivity index (χ0n) is 21.9. The van der Waals surface area contributed by atoms with Gasteiger partial charge in [-0.1, -0.05) is 23.7 Å². The van der Waals surface area contributed by atoms with Crippen molar-refractivity contribution in [2.75, 3.05) is 21.3 Å². The molecule has 0 fully saturated rings. The molecule has 2 atom stereocenters. The second-order valence-corrected chi connectivity index (χ2v) is 11.8. The molecule has 4 heterocycles. The molecule has 1 aliphatic rings. The van der Waals surface area contributed by atoms with Gasteiger partial charge in [0.1, 0.15) is 5.82 Å². The zero-order valence-corrected chi connectivity index (χ0v) is 24.3. The maximum absolute atomic E-state index is 14.2. The summed E-state index contributed by atoms with van der Waals surface area (Å²) in [6.07, 6.45) is -0.964. The van der Waals surface area contributed by atoms with Crippen molar-refractivity contribution in [2.24, 2.45) is 0 Å². The van der Waals surface area contributed by atoms with Crippen LogP contribution < -0.4 is 9.47 Å². The summed E-state index contributed by atoms with van der Waals surface area (Å²) < 4.78 is 59.5. The van der Waals surface area contributed by atoms with Gasteiger partial charge >= 0.3 is 12.1 Å². The summed E-state index contributed by atoms with van der Waals surface area (Å²) >= 11 is 9.09. The van der Waals surface area contributed by atoms with Gasteiger partial charge < -0.3 is 14.2 Å². The number of fused-ring (bicyclic) bond motifs is 3. The standard InChI is InChI=1S/C26H23ClF3N5O4S2/c1-37-17-6-4-5-15(21(17)39-3)22-16-9-13(27)11-32-23(16)35-24(33-34-25(35)26(28,29)30)18(41-22)10-19-31-12-14(40-19)7-8-20(36)38-2/h4-6,9,11-12,18,22H,7-8,10H2,1-3H3/t18-,22-/m1/s1. The van der Waals surface area contributed by atoms with Crippen LogP contribution in [0.2, 0.25) is 5.02 Å². The van der Waals surface area contributed by atoms with Crippen LogP contribution in [0.1, 0.15) is 49.6 Å². The lowest BCUT2D eigenvalue weighted by atomic mass is 10.0. The van der Waals surface area contributed by atoms with Crippen LogP contribution in [0.5, 0.6) is 11.5 Å². The lowest BCUT2D eigenvalue weighted by Gasteiger charge is -2.23.